The Bertz CT molecular complexity index is 540. The Morgan fingerprint density at radius 3 is 2.52 bits per heavy atom. The highest BCUT2D eigenvalue weighted by Crippen LogP contribution is 2.27. The maximum atomic E-state index is 13.0. The van der Waals surface area contributed by atoms with Gasteiger partial charge in [0.25, 0.3) is 0 Å². The fraction of sp³-hybridized carbons (Fsp3) is 0.611. The number of ether oxygens (including phenoxy) is 1. The van der Waals surface area contributed by atoms with Gasteiger partial charge in [0.15, 0.2) is 0 Å². The van der Waals surface area contributed by atoms with Crippen LogP contribution in [0.3, 0.4) is 0 Å². The standard InChI is InChI=1S/C18H27N3O2/c1-14-12-21(13-16(14)20-8-10-23-11-9-20)17(22)18(2,19)15-6-4-3-5-7-15/h3-7,14,16H,8-13,19H2,1-2H3. The van der Waals surface area contributed by atoms with Gasteiger partial charge in [-0.25, -0.2) is 0 Å². The minimum absolute atomic E-state index is 0.0197. The van der Waals surface area contributed by atoms with E-state index in [1.165, 1.54) is 0 Å². The minimum Gasteiger partial charge on any atom is -0.379 e. The maximum Gasteiger partial charge on any atom is 0.247 e. The van der Waals surface area contributed by atoms with Crippen LogP contribution < -0.4 is 5.73 Å². The number of benzene rings is 1. The van der Waals surface area contributed by atoms with Crippen LogP contribution in [0.1, 0.15) is 19.4 Å². The van der Waals surface area contributed by atoms with Gasteiger partial charge < -0.3 is 15.4 Å². The molecule has 2 N–H and O–H groups in total. The monoisotopic (exact) mass is 317 g/mol. The van der Waals surface area contributed by atoms with Crippen LogP contribution in [0.15, 0.2) is 30.3 Å². The van der Waals surface area contributed by atoms with Gasteiger partial charge in [-0.15, -0.1) is 0 Å². The second-order valence-corrected chi connectivity index (χ2v) is 6.97. The lowest BCUT2D eigenvalue weighted by atomic mass is 9.92. The molecule has 0 spiro atoms. The quantitative estimate of drug-likeness (QED) is 0.905. The first-order valence-corrected chi connectivity index (χ1v) is 8.45. The SMILES string of the molecule is CC1CN(C(=O)C(C)(N)c2ccccc2)CC1N1CCOCC1. The lowest BCUT2D eigenvalue weighted by Crippen LogP contribution is -2.51. The number of nitrogens with zero attached hydrogens (tertiary/aromatic N) is 2. The first kappa shape index (κ1) is 16.4. The van der Waals surface area contributed by atoms with Crippen molar-refractivity contribution in [2.45, 2.75) is 25.4 Å². The predicted molar refractivity (Wildman–Crippen MR) is 89.9 cm³/mol. The molecule has 0 aromatic heterocycles. The van der Waals surface area contributed by atoms with E-state index in [4.69, 9.17) is 10.5 Å². The number of morpholine rings is 1. The Labute approximate surface area is 138 Å². The molecule has 23 heavy (non-hydrogen) atoms. The van der Waals surface area contributed by atoms with Crippen molar-refractivity contribution in [1.82, 2.24) is 9.80 Å². The summed E-state index contributed by atoms with van der Waals surface area (Å²) in [7, 11) is 0. The zero-order chi connectivity index (χ0) is 16.4. The molecule has 5 nitrogen and oxygen atoms in total. The van der Waals surface area contributed by atoms with Gasteiger partial charge in [-0.1, -0.05) is 37.3 Å². The molecule has 1 amide bonds. The Balaban J connectivity index is 1.71. The van der Waals surface area contributed by atoms with E-state index in [-0.39, 0.29) is 5.91 Å². The van der Waals surface area contributed by atoms with E-state index in [0.29, 0.717) is 12.0 Å². The van der Waals surface area contributed by atoms with Crippen LogP contribution in [-0.2, 0) is 15.1 Å². The third-order valence-electron chi connectivity index (χ3n) is 5.19. The Hall–Kier alpha value is -1.43. The summed E-state index contributed by atoms with van der Waals surface area (Å²) in [5.41, 5.74) is 6.30. The lowest BCUT2D eigenvalue weighted by molar-refractivity contribution is -0.136. The van der Waals surface area contributed by atoms with E-state index in [9.17, 15) is 4.79 Å². The predicted octanol–water partition coefficient (Wildman–Crippen LogP) is 1.04. The highest BCUT2D eigenvalue weighted by molar-refractivity contribution is 5.87. The summed E-state index contributed by atoms with van der Waals surface area (Å²) in [6.45, 7) is 9.07. The summed E-state index contributed by atoms with van der Waals surface area (Å²) < 4.78 is 5.44. The maximum absolute atomic E-state index is 13.0. The number of carbonyl (C=O) groups is 1. The molecule has 0 aliphatic carbocycles. The van der Waals surface area contributed by atoms with Crippen LogP contribution in [0.2, 0.25) is 0 Å². The molecule has 2 fully saturated rings. The molecule has 1 aromatic rings. The second kappa shape index (κ2) is 6.59. The van der Waals surface area contributed by atoms with E-state index in [2.05, 4.69) is 11.8 Å². The molecular formula is C18H27N3O2. The van der Waals surface area contributed by atoms with Gasteiger partial charge in [-0.3, -0.25) is 9.69 Å². The van der Waals surface area contributed by atoms with Crippen molar-refractivity contribution in [2.24, 2.45) is 11.7 Å². The van der Waals surface area contributed by atoms with Crippen molar-refractivity contribution in [1.29, 1.82) is 0 Å². The van der Waals surface area contributed by atoms with Gasteiger partial charge in [0, 0.05) is 32.2 Å². The molecule has 1 aromatic carbocycles. The molecule has 3 rings (SSSR count). The van der Waals surface area contributed by atoms with Crippen LogP contribution in [0, 0.1) is 5.92 Å². The number of nitrogens with two attached hydrogens (primary N) is 1. The largest absolute Gasteiger partial charge is 0.379 e. The summed E-state index contributed by atoms with van der Waals surface area (Å²) in [5.74, 6) is 0.481. The van der Waals surface area contributed by atoms with E-state index < -0.39 is 5.54 Å². The highest BCUT2D eigenvalue weighted by atomic mass is 16.5. The minimum atomic E-state index is -0.971. The number of hydrogen-bond donors (Lipinski definition) is 1. The van der Waals surface area contributed by atoms with E-state index >= 15 is 0 Å². The molecule has 0 bridgehead atoms. The van der Waals surface area contributed by atoms with E-state index in [1.54, 1.807) is 0 Å². The van der Waals surface area contributed by atoms with Crippen molar-refractivity contribution < 1.29 is 9.53 Å². The van der Waals surface area contributed by atoms with Gasteiger partial charge in [0.2, 0.25) is 5.91 Å². The zero-order valence-electron chi connectivity index (χ0n) is 14.1. The molecular weight excluding hydrogens is 290 g/mol. The Kier molecular flexibility index (Phi) is 4.71. The van der Waals surface area contributed by atoms with Crippen molar-refractivity contribution in [3.63, 3.8) is 0 Å². The molecule has 3 atom stereocenters. The molecule has 5 heteroatoms. The van der Waals surface area contributed by atoms with Crippen LogP contribution in [-0.4, -0.2) is 61.1 Å². The van der Waals surface area contributed by atoms with Gasteiger partial charge in [-0.05, 0) is 18.4 Å². The summed E-state index contributed by atoms with van der Waals surface area (Å²) in [6.07, 6.45) is 0. The molecule has 2 aliphatic rings. The van der Waals surface area contributed by atoms with Crippen molar-refractivity contribution >= 4 is 5.91 Å². The molecule has 126 valence electrons. The number of rotatable bonds is 3. The zero-order valence-corrected chi connectivity index (χ0v) is 14.1. The van der Waals surface area contributed by atoms with Crippen LogP contribution in [0.4, 0.5) is 0 Å². The van der Waals surface area contributed by atoms with Crippen molar-refractivity contribution in [3.05, 3.63) is 35.9 Å². The summed E-state index contributed by atoms with van der Waals surface area (Å²) in [4.78, 5) is 17.4. The third kappa shape index (κ3) is 3.27. The third-order valence-corrected chi connectivity index (χ3v) is 5.19. The average Bonchev–Trinajstić information content (AvgIpc) is 2.97. The molecule has 2 heterocycles. The Morgan fingerprint density at radius 1 is 1.22 bits per heavy atom. The first-order chi connectivity index (χ1) is 11.0. The number of amides is 1. The normalized spacial score (nSPS) is 28.6. The fourth-order valence-corrected chi connectivity index (χ4v) is 3.74. The van der Waals surface area contributed by atoms with Gasteiger partial charge in [0.05, 0.1) is 13.2 Å². The van der Waals surface area contributed by atoms with Crippen molar-refractivity contribution in [2.75, 3.05) is 39.4 Å². The van der Waals surface area contributed by atoms with E-state index in [1.807, 2.05) is 42.2 Å². The fourth-order valence-electron chi connectivity index (χ4n) is 3.74. The molecule has 0 saturated carbocycles. The molecule has 0 radical (unpaired) electrons. The van der Waals surface area contributed by atoms with E-state index in [0.717, 1.165) is 45.0 Å². The summed E-state index contributed by atoms with van der Waals surface area (Å²) in [5, 5.41) is 0. The number of carbonyl (C=O) groups excluding carboxylic acids is 1. The van der Waals surface area contributed by atoms with Gasteiger partial charge >= 0.3 is 0 Å². The lowest BCUT2D eigenvalue weighted by Gasteiger charge is -2.34. The smallest absolute Gasteiger partial charge is 0.247 e. The van der Waals surface area contributed by atoms with Gasteiger partial charge in [-0.2, -0.15) is 0 Å². The number of hydrogen-bond acceptors (Lipinski definition) is 4. The van der Waals surface area contributed by atoms with Crippen LogP contribution in [0.25, 0.3) is 0 Å². The Morgan fingerprint density at radius 2 is 1.87 bits per heavy atom. The molecule has 2 saturated heterocycles. The topological polar surface area (TPSA) is 58.8 Å². The summed E-state index contributed by atoms with van der Waals surface area (Å²) >= 11 is 0. The van der Waals surface area contributed by atoms with Crippen molar-refractivity contribution in [3.8, 4) is 0 Å². The second-order valence-electron chi connectivity index (χ2n) is 6.97. The average molecular weight is 317 g/mol. The van der Waals surface area contributed by atoms with Crippen LogP contribution in [0.5, 0.6) is 0 Å². The summed E-state index contributed by atoms with van der Waals surface area (Å²) in [6, 6.07) is 10.1. The molecule has 2 aliphatic heterocycles. The highest BCUT2D eigenvalue weighted by Gasteiger charge is 2.42. The number of likely N-dealkylation sites (tertiary alicyclic amines) is 1. The van der Waals surface area contributed by atoms with Crippen LogP contribution >= 0.6 is 0 Å². The molecule has 3 unspecified atom stereocenters. The van der Waals surface area contributed by atoms with Gasteiger partial charge in [0.1, 0.15) is 5.54 Å². The first-order valence-electron chi connectivity index (χ1n) is 8.45.